The van der Waals surface area contributed by atoms with Crippen LogP contribution < -0.4 is 0 Å². The molecule has 1 heterocycles. The van der Waals surface area contributed by atoms with Crippen LogP contribution in [0, 0.1) is 0 Å². The lowest BCUT2D eigenvalue weighted by atomic mass is 10.1. The quantitative estimate of drug-likeness (QED) is 0.511. The van der Waals surface area contributed by atoms with E-state index in [9.17, 15) is 5.11 Å². The first-order valence-corrected chi connectivity index (χ1v) is 5.31. The molecule has 88 valence electrons. The maximum absolute atomic E-state index is 9.58. The molecule has 0 aromatic heterocycles. The first-order chi connectivity index (χ1) is 7.16. The second kappa shape index (κ2) is 6.23. The molecule has 0 spiro atoms. The van der Waals surface area contributed by atoms with E-state index < -0.39 is 11.9 Å². The third-order valence-electron chi connectivity index (χ3n) is 2.38. The van der Waals surface area contributed by atoms with Crippen molar-refractivity contribution in [3.8, 4) is 0 Å². The van der Waals surface area contributed by atoms with Crippen molar-refractivity contribution in [3.63, 3.8) is 0 Å². The van der Waals surface area contributed by atoms with Gasteiger partial charge in [-0.15, -0.1) is 6.58 Å². The van der Waals surface area contributed by atoms with Gasteiger partial charge in [-0.1, -0.05) is 6.08 Å². The van der Waals surface area contributed by atoms with Crippen LogP contribution in [0.2, 0.25) is 0 Å². The third-order valence-corrected chi connectivity index (χ3v) is 2.38. The number of hydrogen-bond acceptors (Lipinski definition) is 4. The van der Waals surface area contributed by atoms with Crippen molar-refractivity contribution in [2.45, 2.75) is 31.7 Å². The molecule has 1 fully saturated rings. The van der Waals surface area contributed by atoms with E-state index in [0.29, 0.717) is 39.3 Å². The lowest BCUT2D eigenvalue weighted by molar-refractivity contribution is -0.152. The summed E-state index contributed by atoms with van der Waals surface area (Å²) in [5.74, 6) is -0.514. The van der Waals surface area contributed by atoms with E-state index in [1.165, 1.54) is 0 Å². The van der Waals surface area contributed by atoms with E-state index in [4.69, 9.17) is 14.2 Å². The van der Waals surface area contributed by atoms with E-state index in [2.05, 4.69) is 6.58 Å². The topological polar surface area (TPSA) is 47.9 Å². The Bertz CT molecular complexity index is 187. The molecule has 1 saturated heterocycles. The Hall–Kier alpha value is -0.420. The zero-order chi connectivity index (χ0) is 11.1. The minimum atomic E-state index is -0.514. The van der Waals surface area contributed by atoms with Crippen LogP contribution in [0.3, 0.4) is 0 Å². The summed E-state index contributed by atoms with van der Waals surface area (Å²) in [6.07, 6.45) is 2.51. The van der Waals surface area contributed by atoms with Crippen LogP contribution in [0.25, 0.3) is 0 Å². The molecule has 0 saturated carbocycles. The van der Waals surface area contributed by atoms with E-state index in [1.807, 2.05) is 6.92 Å². The lowest BCUT2D eigenvalue weighted by Crippen LogP contribution is -2.28. The maximum atomic E-state index is 9.58. The molecule has 0 bridgehead atoms. The molecule has 1 atom stereocenters. The molecule has 0 aliphatic carbocycles. The molecule has 1 aliphatic heterocycles. The van der Waals surface area contributed by atoms with Crippen LogP contribution in [0.5, 0.6) is 0 Å². The minimum Gasteiger partial charge on any atom is -0.391 e. The number of hydrogen-bond donors (Lipinski definition) is 1. The number of rotatable bonds is 7. The summed E-state index contributed by atoms with van der Waals surface area (Å²) < 4.78 is 16.0. The summed E-state index contributed by atoms with van der Waals surface area (Å²) in [4.78, 5) is 0. The molecule has 0 amide bonds. The Morgan fingerprint density at radius 3 is 2.80 bits per heavy atom. The predicted octanol–water partition coefficient (Wildman–Crippen LogP) is 1.09. The molecule has 1 aliphatic rings. The second-order valence-electron chi connectivity index (χ2n) is 3.85. The fourth-order valence-corrected chi connectivity index (χ4v) is 1.50. The van der Waals surface area contributed by atoms with Gasteiger partial charge in [0.15, 0.2) is 5.79 Å². The molecular weight excluding hydrogens is 196 g/mol. The van der Waals surface area contributed by atoms with Gasteiger partial charge in [0.25, 0.3) is 0 Å². The monoisotopic (exact) mass is 216 g/mol. The average Bonchev–Trinajstić information content (AvgIpc) is 2.64. The van der Waals surface area contributed by atoms with E-state index >= 15 is 0 Å². The summed E-state index contributed by atoms with van der Waals surface area (Å²) >= 11 is 0. The predicted molar refractivity (Wildman–Crippen MR) is 56.6 cm³/mol. The van der Waals surface area contributed by atoms with Crippen LogP contribution in [0.4, 0.5) is 0 Å². The fraction of sp³-hybridized carbons (Fsp3) is 0.818. The van der Waals surface area contributed by atoms with E-state index in [1.54, 1.807) is 6.08 Å². The van der Waals surface area contributed by atoms with Crippen molar-refractivity contribution in [1.82, 2.24) is 0 Å². The Morgan fingerprint density at radius 2 is 2.20 bits per heavy atom. The summed E-state index contributed by atoms with van der Waals surface area (Å²) in [6, 6.07) is 0. The summed E-state index contributed by atoms with van der Waals surface area (Å²) in [5.41, 5.74) is 0. The molecule has 1 unspecified atom stereocenters. The smallest absolute Gasteiger partial charge is 0.165 e. The van der Waals surface area contributed by atoms with Crippen molar-refractivity contribution in [3.05, 3.63) is 12.7 Å². The number of aliphatic hydroxyl groups is 1. The van der Waals surface area contributed by atoms with Crippen molar-refractivity contribution >= 4 is 0 Å². The second-order valence-corrected chi connectivity index (χ2v) is 3.85. The molecule has 0 aromatic rings. The molecule has 0 aromatic carbocycles. The normalized spacial score (nSPS) is 21.5. The Kier molecular flexibility index (Phi) is 5.25. The highest BCUT2D eigenvalue weighted by Crippen LogP contribution is 2.24. The van der Waals surface area contributed by atoms with Gasteiger partial charge in [0.1, 0.15) is 0 Å². The zero-order valence-corrected chi connectivity index (χ0v) is 9.28. The standard InChI is InChI=1S/C11H20O4/c1-3-6-13-9-10(12)4-5-11(2)14-7-8-15-11/h3,10,12H,1,4-9H2,2H3. The van der Waals surface area contributed by atoms with Gasteiger partial charge < -0.3 is 19.3 Å². The van der Waals surface area contributed by atoms with E-state index in [-0.39, 0.29) is 0 Å². The minimum absolute atomic E-state index is 0.335. The molecule has 15 heavy (non-hydrogen) atoms. The first-order valence-electron chi connectivity index (χ1n) is 5.31. The van der Waals surface area contributed by atoms with Gasteiger partial charge in [0, 0.05) is 6.42 Å². The highest BCUT2D eigenvalue weighted by molar-refractivity contribution is 4.71. The zero-order valence-electron chi connectivity index (χ0n) is 9.28. The largest absolute Gasteiger partial charge is 0.391 e. The lowest BCUT2D eigenvalue weighted by Gasteiger charge is -2.23. The number of ether oxygens (including phenoxy) is 3. The molecule has 1 rings (SSSR count). The maximum Gasteiger partial charge on any atom is 0.165 e. The molecule has 4 heteroatoms. The Labute approximate surface area is 90.8 Å². The van der Waals surface area contributed by atoms with Gasteiger partial charge in [0.2, 0.25) is 0 Å². The van der Waals surface area contributed by atoms with Gasteiger partial charge in [0.05, 0.1) is 32.5 Å². The van der Waals surface area contributed by atoms with Gasteiger partial charge in [-0.05, 0) is 13.3 Å². The average molecular weight is 216 g/mol. The van der Waals surface area contributed by atoms with Crippen LogP contribution >= 0.6 is 0 Å². The first kappa shape index (κ1) is 12.6. The van der Waals surface area contributed by atoms with Crippen LogP contribution in [-0.4, -0.2) is 43.4 Å². The molecule has 4 nitrogen and oxygen atoms in total. The summed E-state index contributed by atoms with van der Waals surface area (Å²) in [7, 11) is 0. The van der Waals surface area contributed by atoms with Crippen molar-refractivity contribution in [2.24, 2.45) is 0 Å². The molecule has 1 N–H and O–H groups in total. The van der Waals surface area contributed by atoms with E-state index in [0.717, 1.165) is 0 Å². The van der Waals surface area contributed by atoms with Gasteiger partial charge >= 0.3 is 0 Å². The van der Waals surface area contributed by atoms with Gasteiger partial charge in [-0.25, -0.2) is 0 Å². The van der Waals surface area contributed by atoms with Crippen molar-refractivity contribution in [1.29, 1.82) is 0 Å². The molecule has 0 radical (unpaired) electrons. The van der Waals surface area contributed by atoms with Crippen molar-refractivity contribution in [2.75, 3.05) is 26.4 Å². The SMILES string of the molecule is C=CCOCC(O)CCC1(C)OCCO1. The van der Waals surface area contributed by atoms with Crippen molar-refractivity contribution < 1.29 is 19.3 Å². The van der Waals surface area contributed by atoms with Crippen LogP contribution in [0.15, 0.2) is 12.7 Å². The number of aliphatic hydroxyl groups excluding tert-OH is 1. The fourth-order valence-electron chi connectivity index (χ4n) is 1.50. The van der Waals surface area contributed by atoms with Gasteiger partial charge in [-0.3, -0.25) is 0 Å². The summed E-state index contributed by atoms with van der Waals surface area (Å²) in [5, 5.41) is 9.58. The molecular formula is C11H20O4. The van der Waals surface area contributed by atoms with Gasteiger partial charge in [-0.2, -0.15) is 0 Å². The highest BCUT2D eigenvalue weighted by atomic mass is 16.7. The van der Waals surface area contributed by atoms with Crippen LogP contribution in [0.1, 0.15) is 19.8 Å². The summed E-state index contributed by atoms with van der Waals surface area (Å²) in [6.45, 7) is 7.52. The third kappa shape index (κ3) is 4.75. The Morgan fingerprint density at radius 1 is 1.53 bits per heavy atom. The highest BCUT2D eigenvalue weighted by Gasteiger charge is 2.31. The van der Waals surface area contributed by atoms with Crippen LogP contribution in [-0.2, 0) is 14.2 Å². The Balaban J connectivity index is 2.10.